The maximum Gasteiger partial charge on any atom is 0.121 e. The summed E-state index contributed by atoms with van der Waals surface area (Å²) in [6.07, 6.45) is 2.69. The average Bonchev–Trinajstić information content (AvgIpc) is 2.99. The van der Waals surface area contributed by atoms with E-state index in [1.165, 1.54) is 37.3 Å². The molecule has 4 nitrogen and oxygen atoms in total. The van der Waals surface area contributed by atoms with Crippen LogP contribution in [-0.4, -0.2) is 38.4 Å². The van der Waals surface area contributed by atoms with E-state index in [0.29, 0.717) is 0 Å². The molecule has 1 fully saturated rings. The molecule has 92 valence electrons. The minimum Gasteiger partial charge on any atom is -0.497 e. The zero-order chi connectivity index (χ0) is 11.7. The lowest BCUT2D eigenvalue weighted by atomic mass is 10.2. The molecule has 0 spiro atoms. The molecule has 1 saturated heterocycles. The molecule has 4 heteroatoms. The van der Waals surface area contributed by atoms with Crippen LogP contribution >= 0.6 is 0 Å². The smallest absolute Gasteiger partial charge is 0.121 e. The summed E-state index contributed by atoms with van der Waals surface area (Å²) in [5, 5.41) is 3.42. The number of hydrogen-bond acceptors (Lipinski definition) is 4. The van der Waals surface area contributed by atoms with Crippen molar-refractivity contribution in [2.75, 3.05) is 43.8 Å². The Kier molecular flexibility index (Phi) is 2.81. The van der Waals surface area contributed by atoms with Gasteiger partial charge in [0.1, 0.15) is 5.75 Å². The summed E-state index contributed by atoms with van der Waals surface area (Å²) >= 11 is 0. The fourth-order valence-corrected chi connectivity index (χ4v) is 2.62. The number of fused-ring (bicyclic) bond motifs is 1. The van der Waals surface area contributed by atoms with Crippen LogP contribution in [0.5, 0.6) is 5.75 Å². The summed E-state index contributed by atoms with van der Waals surface area (Å²) in [6.45, 7) is 4.41. The Hall–Kier alpha value is -1.42. The van der Waals surface area contributed by atoms with E-state index in [1.54, 1.807) is 7.11 Å². The molecule has 0 saturated carbocycles. The van der Waals surface area contributed by atoms with Crippen molar-refractivity contribution in [2.24, 2.45) is 0 Å². The molecule has 0 atom stereocenters. The molecule has 3 rings (SSSR count). The normalized spacial score (nSPS) is 19.2. The molecule has 2 aliphatic heterocycles. The van der Waals surface area contributed by atoms with Crippen molar-refractivity contribution in [1.29, 1.82) is 0 Å². The quantitative estimate of drug-likeness (QED) is 0.863. The summed E-state index contributed by atoms with van der Waals surface area (Å²) in [7, 11) is 1.71. The van der Waals surface area contributed by atoms with Gasteiger partial charge in [0.05, 0.1) is 31.8 Å². The number of benzene rings is 1. The lowest BCUT2D eigenvalue weighted by Gasteiger charge is -2.24. The molecule has 2 aliphatic rings. The second-order valence-electron chi connectivity index (χ2n) is 4.72. The number of anilines is 2. The largest absolute Gasteiger partial charge is 0.497 e. The molecule has 17 heavy (non-hydrogen) atoms. The van der Waals surface area contributed by atoms with E-state index in [1.807, 2.05) is 6.07 Å². The monoisotopic (exact) mass is 233 g/mol. The van der Waals surface area contributed by atoms with Gasteiger partial charge in [-0.25, -0.2) is 0 Å². The molecule has 1 aromatic carbocycles. The third-order valence-corrected chi connectivity index (χ3v) is 3.57. The summed E-state index contributed by atoms with van der Waals surface area (Å²) in [5.74, 6) is 0.916. The van der Waals surface area contributed by atoms with Crippen LogP contribution in [0.25, 0.3) is 0 Å². The zero-order valence-corrected chi connectivity index (χ0v) is 10.3. The minimum absolute atomic E-state index is 0.902. The zero-order valence-electron chi connectivity index (χ0n) is 10.3. The van der Waals surface area contributed by atoms with E-state index in [2.05, 4.69) is 27.2 Å². The van der Waals surface area contributed by atoms with Gasteiger partial charge in [0.2, 0.25) is 0 Å². The molecule has 2 heterocycles. The molecule has 1 aromatic rings. The lowest BCUT2D eigenvalue weighted by Crippen LogP contribution is -2.36. The molecule has 0 amide bonds. The Morgan fingerprint density at radius 1 is 1.29 bits per heavy atom. The van der Waals surface area contributed by atoms with Crippen molar-refractivity contribution >= 4 is 11.4 Å². The van der Waals surface area contributed by atoms with Gasteiger partial charge in [-0.05, 0) is 38.1 Å². The minimum atomic E-state index is 0.902. The Morgan fingerprint density at radius 3 is 2.88 bits per heavy atom. The highest BCUT2D eigenvalue weighted by Gasteiger charge is 2.22. The predicted molar refractivity (Wildman–Crippen MR) is 69.6 cm³/mol. The highest BCUT2D eigenvalue weighted by atomic mass is 16.5. The maximum absolute atomic E-state index is 5.24. The number of likely N-dealkylation sites (tertiary alicyclic amines) is 1. The first kappa shape index (κ1) is 10.7. The molecular formula is C13H19N3O. The fourth-order valence-electron chi connectivity index (χ4n) is 2.62. The number of rotatable bonds is 3. The van der Waals surface area contributed by atoms with Gasteiger partial charge in [0.25, 0.3) is 0 Å². The first-order valence-electron chi connectivity index (χ1n) is 6.26. The molecular weight excluding hydrogens is 214 g/mol. The van der Waals surface area contributed by atoms with Gasteiger partial charge in [-0.15, -0.1) is 0 Å². The van der Waals surface area contributed by atoms with Crippen molar-refractivity contribution in [3.05, 3.63) is 18.2 Å². The van der Waals surface area contributed by atoms with Gasteiger partial charge in [0.15, 0.2) is 0 Å². The van der Waals surface area contributed by atoms with Gasteiger partial charge in [0, 0.05) is 6.07 Å². The number of nitrogens with one attached hydrogen (secondary N) is 1. The van der Waals surface area contributed by atoms with E-state index in [4.69, 9.17) is 4.74 Å². The Morgan fingerprint density at radius 2 is 2.12 bits per heavy atom. The predicted octanol–water partition coefficient (Wildman–Crippen LogP) is 1.94. The van der Waals surface area contributed by atoms with Crippen LogP contribution in [0.15, 0.2) is 18.2 Å². The number of ether oxygens (including phenoxy) is 1. The topological polar surface area (TPSA) is 27.7 Å². The van der Waals surface area contributed by atoms with E-state index in [0.717, 1.165) is 19.1 Å². The second-order valence-corrected chi connectivity index (χ2v) is 4.72. The van der Waals surface area contributed by atoms with Crippen LogP contribution in [-0.2, 0) is 0 Å². The van der Waals surface area contributed by atoms with Crippen molar-refractivity contribution in [2.45, 2.75) is 12.8 Å². The van der Waals surface area contributed by atoms with Crippen LogP contribution in [0, 0.1) is 0 Å². The van der Waals surface area contributed by atoms with Gasteiger partial charge < -0.3 is 15.0 Å². The standard InChI is InChI=1S/C13H19N3O/c1-17-11-4-5-13-12(8-11)14-9-16(13)10-15-6-2-3-7-15/h4-5,8,14H,2-3,6-7,9-10H2,1H3. The van der Waals surface area contributed by atoms with Crippen LogP contribution in [0.1, 0.15) is 12.8 Å². The van der Waals surface area contributed by atoms with Gasteiger partial charge in [-0.2, -0.15) is 0 Å². The van der Waals surface area contributed by atoms with Crippen LogP contribution < -0.4 is 15.0 Å². The van der Waals surface area contributed by atoms with Crippen molar-refractivity contribution in [3.8, 4) is 5.75 Å². The summed E-state index contributed by atoms with van der Waals surface area (Å²) in [4.78, 5) is 4.90. The molecule has 0 radical (unpaired) electrons. The van der Waals surface area contributed by atoms with Crippen LogP contribution in [0.4, 0.5) is 11.4 Å². The first-order chi connectivity index (χ1) is 8.36. The Bertz CT molecular complexity index is 402. The highest BCUT2D eigenvalue weighted by molar-refractivity contribution is 5.76. The van der Waals surface area contributed by atoms with Crippen molar-refractivity contribution in [1.82, 2.24) is 4.90 Å². The Labute approximate surface area is 102 Å². The van der Waals surface area contributed by atoms with E-state index in [-0.39, 0.29) is 0 Å². The third-order valence-electron chi connectivity index (χ3n) is 3.57. The maximum atomic E-state index is 5.24. The third kappa shape index (κ3) is 2.05. The lowest BCUT2D eigenvalue weighted by molar-refractivity contribution is 0.339. The average molecular weight is 233 g/mol. The van der Waals surface area contributed by atoms with E-state index < -0.39 is 0 Å². The SMILES string of the molecule is COc1ccc2c(c1)NCN2CN1CCCC1. The van der Waals surface area contributed by atoms with Gasteiger partial charge in [-0.1, -0.05) is 0 Å². The molecule has 0 aliphatic carbocycles. The molecule has 0 aromatic heterocycles. The van der Waals surface area contributed by atoms with Crippen LogP contribution in [0.2, 0.25) is 0 Å². The molecule has 0 unspecified atom stereocenters. The molecule has 0 bridgehead atoms. The summed E-state index contributed by atoms with van der Waals surface area (Å²) in [5.41, 5.74) is 2.47. The highest BCUT2D eigenvalue weighted by Crippen LogP contribution is 2.34. The molecule has 1 N–H and O–H groups in total. The number of nitrogens with zero attached hydrogens (tertiary/aromatic N) is 2. The summed E-state index contributed by atoms with van der Waals surface area (Å²) < 4.78 is 5.24. The van der Waals surface area contributed by atoms with Crippen molar-refractivity contribution < 1.29 is 4.74 Å². The second kappa shape index (κ2) is 4.45. The fraction of sp³-hybridized carbons (Fsp3) is 0.538. The first-order valence-corrected chi connectivity index (χ1v) is 6.26. The summed E-state index contributed by atoms with van der Waals surface area (Å²) in [6, 6.07) is 6.24. The van der Waals surface area contributed by atoms with E-state index >= 15 is 0 Å². The van der Waals surface area contributed by atoms with Gasteiger partial charge in [-0.3, -0.25) is 4.90 Å². The Balaban J connectivity index is 1.74. The van der Waals surface area contributed by atoms with Crippen LogP contribution in [0.3, 0.4) is 0 Å². The van der Waals surface area contributed by atoms with Crippen molar-refractivity contribution in [3.63, 3.8) is 0 Å². The van der Waals surface area contributed by atoms with E-state index in [9.17, 15) is 0 Å². The number of hydrogen-bond donors (Lipinski definition) is 1. The number of methoxy groups -OCH3 is 1. The van der Waals surface area contributed by atoms with Gasteiger partial charge >= 0.3 is 0 Å².